The predicted octanol–water partition coefficient (Wildman–Crippen LogP) is 2.42. The van der Waals surface area contributed by atoms with Crippen LogP contribution in [0.1, 0.15) is 5.56 Å². The lowest BCUT2D eigenvalue weighted by Gasteiger charge is -2.12. The number of benzene rings is 1. The third kappa shape index (κ3) is 3.91. The van der Waals surface area contributed by atoms with Crippen molar-refractivity contribution in [3.8, 4) is 11.8 Å². The minimum atomic E-state index is -1.47. The monoisotopic (exact) mass is 230 g/mol. The van der Waals surface area contributed by atoms with Gasteiger partial charge in [-0.05, 0) is 5.56 Å². The highest BCUT2D eigenvalue weighted by atomic mass is 28.3. The zero-order valence-electron chi connectivity index (χ0n) is 10.1. The predicted molar refractivity (Wildman–Crippen MR) is 72.9 cm³/mol. The van der Waals surface area contributed by atoms with Crippen molar-refractivity contribution in [1.82, 2.24) is 0 Å². The van der Waals surface area contributed by atoms with Crippen molar-refractivity contribution < 1.29 is 0 Å². The molecule has 84 valence electrons. The van der Waals surface area contributed by atoms with Crippen LogP contribution in [0.5, 0.6) is 0 Å². The van der Waals surface area contributed by atoms with Crippen LogP contribution in [0.4, 0.5) is 0 Å². The summed E-state index contributed by atoms with van der Waals surface area (Å²) in [5.41, 5.74) is 1.22. The summed E-state index contributed by atoms with van der Waals surface area (Å²) in [5.74, 6) is 11.6. The largest absolute Gasteiger partial charge is 0.323 e. The van der Waals surface area contributed by atoms with E-state index in [1.165, 1.54) is 5.56 Å². The molecule has 0 bridgehead atoms. The molecular weight excluding hydrogens is 212 g/mol. The number of nitrogens with two attached hydrogens (primary N) is 1. The summed E-state index contributed by atoms with van der Waals surface area (Å²) in [6.45, 7) is 6.57. The summed E-state index contributed by atoms with van der Waals surface area (Å²) < 4.78 is 0. The number of nitrogens with zero attached hydrogens (tertiary/aromatic N) is 1. The molecule has 0 atom stereocenters. The summed E-state index contributed by atoms with van der Waals surface area (Å²) in [5, 5.41) is 4.67. The molecule has 0 heterocycles. The normalized spacial score (nSPS) is 11.8. The molecule has 0 radical (unpaired) electrons. The maximum Gasteiger partial charge on any atom is 0.115 e. The van der Waals surface area contributed by atoms with Crippen LogP contribution in [-0.2, 0) is 6.42 Å². The Labute approximate surface area is 98.6 Å². The van der Waals surface area contributed by atoms with Crippen molar-refractivity contribution in [3.05, 3.63) is 35.9 Å². The van der Waals surface area contributed by atoms with Crippen molar-refractivity contribution in [3.63, 3.8) is 0 Å². The summed E-state index contributed by atoms with van der Waals surface area (Å²) in [6, 6.07) is 10.2. The van der Waals surface area contributed by atoms with Gasteiger partial charge < -0.3 is 5.84 Å². The summed E-state index contributed by atoms with van der Waals surface area (Å²) in [7, 11) is -1.47. The fourth-order valence-corrected chi connectivity index (χ4v) is 2.09. The van der Waals surface area contributed by atoms with Crippen LogP contribution in [0.15, 0.2) is 35.4 Å². The molecule has 0 saturated carbocycles. The Kier molecular flexibility index (Phi) is 4.33. The van der Waals surface area contributed by atoms with E-state index in [1.807, 2.05) is 18.2 Å². The second kappa shape index (κ2) is 5.52. The molecule has 0 saturated heterocycles. The highest BCUT2D eigenvalue weighted by molar-refractivity contribution is 7.06. The number of rotatable bonds is 2. The van der Waals surface area contributed by atoms with Crippen molar-refractivity contribution in [1.29, 1.82) is 0 Å². The molecule has 3 heteroatoms. The van der Waals surface area contributed by atoms with E-state index < -0.39 is 8.07 Å². The fourth-order valence-electron chi connectivity index (χ4n) is 1.24. The second-order valence-electron chi connectivity index (χ2n) is 4.69. The van der Waals surface area contributed by atoms with Gasteiger partial charge in [0, 0.05) is 6.42 Å². The van der Waals surface area contributed by atoms with Gasteiger partial charge in [0.05, 0.1) is 5.33 Å². The third-order valence-electron chi connectivity index (χ3n) is 2.18. The van der Waals surface area contributed by atoms with Gasteiger partial charge in [0.25, 0.3) is 0 Å². The van der Waals surface area contributed by atoms with E-state index in [-0.39, 0.29) is 0 Å². The van der Waals surface area contributed by atoms with Crippen LogP contribution < -0.4 is 5.84 Å². The molecule has 0 aliphatic carbocycles. The van der Waals surface area contributed by atoms with Gasteiger partial charge in [0.1, 0.15) is 8.07 Å². The second-order valence-corrected chi connectivity index (χ2v) is 9.67. The molecule has 0 fully saturated rings. The summed E-state index contributed by atoms with van der Waals surface area (Å²) >= 11 is 0. The maximum atomic E-state index is 5.36. The Morgan fingerprint density at radius 1 is 1.25 bits per heavy atom. The number of hydrazone groups is 1. The van der Waals surface area contributed by atoms with Gasteiger partial charge in [0.2, 0.25) is 0 Å². The Morgan fingerprint density at radius 3 is 2.38 bits per heavy atom. The van der Waals surface area contributed by atoms with Crippen LogP contribution in [0, 0.1) is 11.8 Å². The molecule has 1 aromatic rings. The Balaban J connectivity index is 2.69. The first-order chi connectivity index (χ1) is 7.54. The maximum absolute atomic E-state index is 5.36. The van der Waals surface area contributed by atoms with E-state index in [0.717, 1.165) is 11.8 Å². The zero-order valence-corrected chi connectivity index (χ0v) is 11.1. The molecule has 2 N–H and O–H groups in total. The number of hydrogen-bond acceptors (Lipinski definition) is 2. The molecule has 0 amide bonds. The minimum Gasteiger partial charge on any atom is -0.323 e. The Hall–Kier alpha value is -1.53. The van der Waals surface area contributed by atoms with Crippen LogP contribution in [0.3, 0.4) is 0 Å². The van der Waals surface area contributed by atoms with E-state index in [4.69, 9.17) is 5.84 Å². The lowest BCUT2D eigenvalue weighted by Crippen LogP contribution is -2.33. The highest BCUT2D eigenvalue weighted by Gasteiger charge is 2.19. The first-order valence-electron chi connectivity index (χ1n) is 5.35. The van der Waals surface area contributed by atoms with E-state index in [9.17, 15) is 0 Å². The van der Waals surface area contributed by atoms with E-state index >= 15 is 0 Å². The summed E-state index contributed by atoms with van der Waals surface area (Å²) in [6.07, 6.45) is 0.754. The van der Waals surface area contributed by atoms with Gasteiger partial charge in [-0.3, -0.25) is 0 Å². The van der Waals surface area contributed by atoms with Crippen LogP contribution in [0.25, 0.3) is 0 Å². The van der Waals surface area contributed by atoms with Gasteiger partial charge in [0.15, 0.2) is 0 Å². The van der Waals surface area contributed by atoms with Gasteiger partial charge in [-0.1, -0.05) is 61.8 Å². The SMILES string of the molecule is C[Si](C)(C)/C(C#CCc1ccccc1)=N/N. The van der Waals surface area contributed by atoms with E-state index in [2.05, 4.69) is 48.7 Å². The van der Waals surface area contributed by atoms with Gasteiger partial charge in [-0.25, -0.2) is 0 Å². The first-order valence-corrected chi connectivity index (χ1v) is 8.85. The number of hydrogen-bond donors (Lipinski definition) is 1. The van der Waals surface area contributed by atoms with Crippen molar-refractivity contribution >= 4 is 13.4 Å². The summed E-state index contributed by atoms with van der Waals surface area (Å²) in [4.78, 5) is 0. The lowest BCUT2D eigenvalue weighted by atomic mass is 10.2. The molecule has 1 aromatic carbocycles. The van der Waals surface area contributed by atoms with Gasteiger partial charge in [-0.2, -0.15) is 5.10 Å². The molecule has 16 heavy (non-hydrogen) atoms. The third-order valence-corrected chi connectivity index (χ3v) is 3.86. The van der Waals surface area contributed by atoms with Crippen molar-refractivity contribution in [2.75, 3.05) is 0 Å². The highest BCUT2D eigenvalue weighted by Crippen LogP contribution is 2.03. The zero-order chi connectivity index (χ0) is 12.0. The standard InChI is InChI=1S/C13H18N2Si/c1-16(2,3)13(15-14)11-7-10-12-8-5-4-6-9-12/h4-6,8-9H,10,14H2,1-3H3/b15-13+. The molecule has 2 nitrogen and oxygen atoms in total. The topological polar surface area (TPSA) is 38.4 Å². The van der Waals surface area contributed by atoms with Crippen LogP contribution >= 0.6 is 0 Å². The molecule has 0 unspecified atom stereocenters. The van der Waals surface area contributed by atoms with Gasteiger partial charge >= 0.3 is 0 Å². The van der Waals surface area contributed by atoms with Gasteiger partial charge in [-0.15, -0.1) is 0 Å². The fraction of sp³-hybridized carbons (Fsp3) is 0.308. The smallest absolute Gasteiger partial charge is 0.115 e. The molecular formula is C13H18N2Si. The Bertz CT molecular complexity index is 419. The Morgan fingerprint density at radius 2 is 1.88 bits per heavy atom. The quantitative estimate of drug-likeness (QED) is 0.274. The minimum absolute atomic E-state index is 0.754. The average Bonchev–Trinajstić information content (AvgIpc) is 2.24. The van der Waals surface area contributed by atoms with E-state index in [1.54, 1.807) is 0 Å². The van der Waals surface area contributed by atoms with Crippen molar-refractivity contribution in [2.24, 2.45) is 10.9 Å². The first kappa shape index (κ1) is 12.5. The molecule has 1 rings (SSSR count). The average molecular weight is 230 g/mol. The molecule has 0 aromatic heterocycles. The molecule has 0 spiro atoms. The van der Waals surface area contributed by atoms with E-state index in [0.29, 0.717) is 0 Å². The molecule has 0 aliphatic heterocycles. The van der Waals surface area contributed by atoms with Crippen molar-refractivity contribution in [2.45, 2.75) is 26.1 Å². The van der Waals surface area contributed by atoms with Crippen LogP contribution in [-0.4, -0.2) is 13.4 Å². The van der Waals surface area contributed by atoms with Crippen LogP contribution in [0.2, 0.25) is 19.6 Å². The lowest BCUT2D eigenvalue weighted by molar-refractivity contribution is 1.26. The molecule has 0 aliphatic rings.